The van der Waals surface area contributed by atoms with Gasteiger partial charge in [-0.2, -0.15) is 0 Å². The van der Waals surface area contributed by atoms with E-state index >= 15 is 0 Å². The van der Waals surface area contributed by atoms with Crippen LogP contribution in [-0.4, -0.2) is 17.1 Å². The second-order valence-electron chi connectivity index (χ2n) is 6.37. The summed E-state index contributed by atoms with van der Waals surface area (Å²) in [5.41, 5.74) is 3.60. The largest absolute Gasteiger partial charge is 0.326 e. The molecule has 3 aromatic carbocycles. The third-order valence-corrected chi connectivity index (χ3v) is 5.24. The molecule has 0 aromatic heterocycles. The average molecular weight is 391 g/mol. The topological polar surface area (TPSA) is 58.2 Å². The molecule has 2 N–H and O–H groups in total. The summed E-state index contributed by atoms with van der Waals surface area (Å²) in [7, 11) is 0. The standard InChI is InChI=1S/C23H22N2O2S/c1-16(28-20-14-12-19(13-15-20)24-17(2)26)23(27)25-22-11-7-6-10-21(22)18-8-4-3-5-9-18/h3-16H,1-2H3,(H,24,26)(H,25,27)/t16-/m1/s1. The highest BCUT2D eigenvalue weighted by molar-refractivity contribution is 8.00. The van der Waals surface area contributed by atoms with E-state index < -0.39 is 0 Å². The van der Waals surface area contributed by atoms with Gasteiger partial charge in [0.25, 0.3) is 0 Å². The predicted molar refractivity (Wildman–Crippen MR) is 117 cm³/mol. The van der Waals surface area contributed by atoms with Gasteiger partial charge < -0.3 is 10.6 Å². The van der Waals surface area contributed by atoms with Crippen molar-refractivity contribution in [2.45, 2.75) is 24.0 Å². The third-order valence-electron chi connectivity index (χ3n) is 4.13. The number of hydrogen-bond acceptors (Lipinski definition) is 3. The molecule has 4 nitrogen and oxygen atoms in total. The Kier molecular flexibility index (Phi) is 6.50. The van der Waals surface area contributed by atoms with Crippen molar-refractivity contribution in [1.82, 2.24) is 0 Å². The van der Waals surface area contributed by atoms with Gasteiger partial charge in [-0.3, -0.25) is 9.59 Å². The third kappa shape index (κ3) is 5.24. The minimum absolute atomic E-state index is 0.0562. The maximum absolute atomic E-state index is 12.7. The smallest absolute Gasteiger partial charge is 0.237 e. The zero-order valence-electron chi connectivity index (χ0n) is 15.8. The van der Waals surface area contributed by atoms with Crippen molar-refractivity contribution >= 4 is 35.0 Å². The van der Waals surface area contributed by atoms with E-state index in [1.165, 1.54) is 18.7 Å². The van der Waals surface area contributed by atoms with E-state index in [2.05, 4.69) is 10.6 Å². The minimum atomic E-state index is -0.268. The van der Waals surface area contributed by atoms with Gasteiger partial charge in [0.1, 0.15) is 0 Å². The number of benzene rings is 3. The lowest BCUT2D eigenvalue weighted by Crippen LogP contribution is -2.22. The molecule has 0 spiro atoms. The van der Waals surface area contributed by atoms with Gasteiger partial charge in [0, 0.05) is 28.8 Å². The highest BCUT2D eigenvalue weighted by Gasteiger charge is 2.16. The summed E-state index contributed by atoms with van der Waals surface area (Å²) in [6.45, 7) is 3.36. The van der Waals surface area contributed by atoms with E-state index in [4.69, 9.17) is 0 Å². The Morgan fingerprint density at radius 1 is 0.821 bits per heavy atom. The number of carbonyl (C=O) groups excluding carboxylic acids is 2. The number of amides is 2. The van der Waals surface area contributed by atoms with Crippen molar-refractivity contribution in [3.8, 4) is 11.1 Å². The molecule has 0 heterocycles. The fourth-order valence-corrected chi connectivity index (χ4v) is 3.64. The molecule has 1 atom stereocenters. The predicted octanol–water partition coefficient (Wildman–Crippen LogP) is 5.43. The molecule has 0 fully saturated rings. The van der Waals surface area contributed by atoms with Crippen molar-refractivity contribution in [3.63, 3.8) is 0 Å². The van der Waals surface area contributed by atoms with Crippen LogP contribution in [0.3, 0.4) is 0 Å². The Morgan fingerprint density at radius 3 is 2.14 bits per heavy atom. The van der Waals surface area contributed by atoms with Crippen LogP contribution in [0.1, 0.15) is 13.8 Å². The Hall–Kier alpha value is -3.05. The number of anilines is 2. The van der Waals surface area contributed by atoms with Gasteiger partial charge in [-0.25, -0.2) is 0 Å². The summed E-state index contributed by atoms with van der Waals surface area (Å²) < 4.78 is 0. The van der Waals surface area contributed by atoms with Gasteiger partial charge in [-0.05, 0) is 42.8 Å². The SMILES string of the molecule is CC(=O)Nc1ccc(S[C@H](C)C(=O)Nc2ccccc2-c2ccccc2)cc1. The molecule has 0 unspecified atom stereocenters. The first-order valence-electron chi connectivity index (χ1n) is 9.02. The van der Waals surface area contributed by atoms with Gasteiger partial charge in [-0.15, -0.1) is 11.8 Å². The first-order valence-corrected chi connectivity index (χ1v) is 9.90. The zero-order valence-corrected chi connectivity index (χ0v) is 16.6. The molecule has 0 aliphatic rings. The van der Waals surface area contributed by atoms with Gasteiger partial charge in [0.2, 0.25) is 11.8 Å². The van der Waals surface area contributed by atoms with Crippen LogP contribution in [0.25, 0.3) is 11.1 Å². The number of para-hydroxylation sites is 1. The molecule has 2 amide bonds. The van der Waals surface area contributed by atoms with Gasteiger partial charge in [0.15, 0.2) is 0 Å². The number of nitrogens with one attached hydrogen (secondary N) is 2. The zero-order chi connectivity index (χ0) is 19.9. The van der Waals surface area contributed by atoms with E-state index in [-0.39, 0.29) is 17.1 Å². The summed E-state index contributed by atoms with van der Waals surface area (Å²) in [5.74, 6) is -0.162. The molecule has 5 heteroatoms. The van der Waals surface area contributed by atoms with Crippen LogP contribution in [0.15, 0.2) is 83.8 Å². The van der Waals surface area contributed by atoms with Crippen LogP contribution < -0.4 is 10.6 Å². The van der Waals surface area contributed by atoms with Gasteiger partial charge >= 0.3 is 0 Å². The molecule has 0 aliphatic heterocycles. The second-order valence-corrected chi connectivity index (χ2v) is 7.78. The lowest BCUT2D eigenvalue weighted by atomic mass is 10.0. The molecule has 0 saturated carbocycles. The first-order chi connectivity index (χ1) is 13.5. The van der Waals surface area contributed by atoms with Crippen molar-refractivity contribution in [2.24, 2.45) is 0 Å². The quantitative estimate of drug-likeness (QED) is 0.552. The Morgan fingerprint density at radius 2 is 1.46 bits per heavy atom. The van der Waals surface area contributed by atoms with Crippen molar-refractivity contribution in [3.05, 3.63) is 78.9 Å². The molecule has 0 bridgehead atoms. The average Bonchev–Trinajstić information content (AvgIpc) is 2.70. The lowest BCUT2D eigenvalue weighted by molar-refractivity contribution is -0.115. The Labute approximate surface area is 169 Å². The molecular weight excluding hydrogens is 368 g/mol. The maximum atomic E-state index is 12.7. The van der Waals surface area contributed by atoms with Gasteiger partial charge in [0.05, 0.1) is 5.25 Å². The van der Waals surface area contributed by atoms with Crippen LogP contribution in [-0.2, 0) is 9.59 Å². The molecule has 28 heavy (non-hydrogen) atoms. The summed E-state index contributed by atoms with van der Waals surface area (Å²) in [6.07, 6.45) is 0. The molecular formula is C23H22N2O2S. The highest BCUT2D eigenvalue weighted by Crippen LogP contribution is 2.30. The van der Waals surface area contributed by atoms with Crippen molar-refractivity contribution in [1.29, 1.82) is 0 Å². The van der Waals surface area contributed by atoms with E-state index in [1.54, 1.807) is 0 Å². The number of hydrogen-bond donors (Lipinski definition) is 2. The number of carbonyl (C=O) groups is 2. The minimum Gasteiger partial charge on any atom is -0.326 e. The first kappa shape index (κ1) is 19.7. The number of thioether (sulfide) groups is 1. The normalized spacial score (nSPS) is 11.5. The monoisotopic (exact) mass is 390 g/mol. The Bertz CT molecular complexity index is 956. The van der Waals surface area contributed by atoms with Gasteiger partial charge in [-0.1, -0.05) is 48.5 Å². The van der Waals surface area contributed by atoms with E-state index in [9.17, 15) is 9.59 Å². The summed E-state index contributed by atoms with van der Waals surface area (Å²) in [4.78, 5) is 24.8. The summed E-state index contributed by atoms with van der Waals surface area (Å²) >= 11 is 1.48. The molecule has 0 aliphatic carbocycles. The van der Waals surface area contributed by atoms with Crippen LogP contribution in [0.2, 0.25) is 0 Å². The summed E-state index contributed by atoms with van der Waals surface area (Å²) in [6, 6.07) is 25.3. The fourth-order valence-electron chi connectivity index (χ4n) is 2.77. The Balaban J connectivity index is 1.67. The molecule has 0 saturated heterocycles. The van der Waals surface area contributed by atoms with Crippen molar-refractivity contribution < 1.29 is 9.59 Å². The van der Waals surface area contributed by atoms with Crippen LogP contribution >= 0.6 is 11.8 Å². The lowest BCUT2D eigenvalue weighted by Gasteiger charge is -2.15. The molecule has 3 aromatic rings. The van der Waals surface area contributed by atoms with E-state index in [0.29, 0.717) is 0 Å². The second kappa shape index (κ2) is 9.24. The van der Waals surface area contributed by atoms with E-state index in [1.807, 2.05) is 85.8 Å². The fraction of sp³-hybridized carbons (Fsp3) is 0.130. The summed E-state index contributed by atoms with van der Waals surface area (Å²) in [5, 5.41) is 5.52. The van der Waals surface area contributed by atoms with Crippen LogP contribution in [0, 0.1) is 0 Å². The van der Waals surface area contributed by atoms with Crippen LogP contribution in [0.4, 0.5) is 11.4 Å². The number of rotatable bonds is 6. The molecule has 142 valence electrons. The van der Waals surface area contributed by atoms with Crippen LogP contribution in [0.5, 0.6) is 0 Å². The highest BCUT2D eigenvalue weighted by atomic mass is 32.2. The molecule has 3 rings (SSSR count). The van der Waals surface area contributed by atoms with E-state index in [0.717, 1.165) is 27.4 Å². The molecule has 0 radical (unpaired) electrons. The van der Waals surface area contributed by atoms with Crippen molar-refractivity contribution in [2.75, 3.05) is 10.6 Å². The maximum Gasteiger partial charge on any atom is 0.237 e.